The Hall–Kier alpha value is -1.65. The van der Waals surface area contributed by atoms with E-state index in [0.29, 0.717) is 0 Å². The molecule has 2 aromatic rings. The highest BCUT2D eigenvalue weighted by atomic mass is 35.5. The van der Waals surface area contributed by atoms with Crippen LogP contribution in [0.25, 0.3) is 0 Å². The molecule has 0 fully saturated rings. The van der Waals surface area contributed by atoms with Gasteiger partial charge in [-0.05, 0) is 24.3 Å². The molecule has 22 heavy (non-hydrogen) atoms. The van der Waals surface area contributed by atoms with Gasteiger partial charge in [0.15, 0.2) is 0 Å². The van der Waals surface area contributed by atoms with Gasteiger partial charge < -0.3 is 4.74 Å². The zero-order chi connectivity index (χ0) is 16.3. The van der Waals surface area contributed by atoms with E-state index in [2.05, 4.69) is 9.59 Å². The SMILES string of the molecule is O=C(OCc1nnsc1Cl)c1ccc(S(=O)(=O)C(F)F)cc1. The number of benzene rings is 1. The number of rotatable bonds is 5. The third-order valence-electron chi connectivity index (χ3n) is 2.50. The Morgan fingerprint density at radius 1 is 1.32 bits per heavy atom. The Bertz CT molecular complexity index is 778. The van der Waals surface area contributed by atoms with E-state index in [0.717, 1.165) is 35.8 Å². The quantitative estimate of drug-likeness (QED) is 0.754. The Morgan fingerprint density at radius 2 is 1.95 bits per heavy atom. The lowest BCUT2D eigenvalue weighted by molar-refractivity contribution is 0.0468. The molecule has 0 atom stereocenters. The first-order valence-electron chi connectivity index (χ1n) is 5.58. The fraction of sp³-hybridized carbons (Fsp3) is 0.182. The summed E-state index contributed by atoms with van der Waals surface area (Å²) >= 11 is 6.67. The third kappa shape index (κ3) is 3.57. The minimum Gasteiger partial charge on any atom is -0.455 e. The molecule has 11 heteroatoms. The second-order valence-electron chi connectivity index (χ2n) is 3.90. The van der Waals surface area contributed by atoms with Crippen molar-refractivity contribution in [3.05, 3.63) is 39.9 Å². The molecule has 0 amide bonds. The first-order valence-corrected chi connectivity index (χ1v) is 8.28. The molecule has 2 rings (SSSR count). The summed E-state index contributed by atoms with van der Waals surface area (Å²) in [6, 6.07) is 3.99. The maximum atomic E-state index is 12.4. The van der Waals surface area contributed by atoms with Crippen molar-refractivity contribution in [2.75, 3.05) is 0 Å². The maximum absolute atomic E-state index is 12.4. The van der Waals surface area contributed by atoms with E-state index >= 15 is 0 Å². The van der Waals surface area contributed by atoms with Crippen molar-refractivity contribution in [1.82, 2.24) is 9.59 Å². The molecule has 0 saturated heterocycles. The Kier molecular flexibility index (Phi) is 5.04. The number of carbonyl (C=O) groups is 1. The van der Waals surface area contributed by atoms with Gasteiger partial charge in [-0.25, -0.2) is 13.2 Å². The largest absolute Gasteiger partial charge is 0.455 e. The van der Waals surface area contributed by atoms with Gasteiger partial charge in [0.2, 0.25) is 9.84 Å². The molecule has 0 aliphatic heterocycles. The lowest BCUT2D eigenvalue weighted by Gasteiger charge is -2.05. The number of halogens is 3. The summed E-state index contributed by atoms with van der Waals surface area (Å²) in [5, 5.41) is 3.64. The molecular weight excluding hydrogens is 362 g/mol. The van der Waals surface area contributed by atoms with E-state index in [-0.39, 0.29) is 22.2 Å². The van der Waals surface area contributed by atoms with Crippen LogP contribution < -0.4 is 0 Å². The normalized spacial score (nSPS) is 11.6. The zero-order valence-corrected chi connectivity index (χ0v) is 13.0. The number of alkyl halides is 2. The summed E-state index contributed by atoms with van der Waals surface area (Å²) in [7, 11) is -4.69. The lowest BCUT2D eigenvalue weighted by Crippen LogP contribution is -2.12. The highest BCUT2D eigenvalue weighted by molar-refractivity contribution is 7.91. The van der Waals surface area contributed by atoms with Crippen LogP contribution in [0, 0.1) is 0 Å². The molecule has 0 unspecified atom stereocenters. The van der Waals surface area contributed by atoms with Crippen molar-refractivity contribution >= 4 is 38.9 Å². The first kappa shape index (κ1) is 16.7. The summed E-state index contributed by atoms with van der Waals surface area (Å²) < 4.78 is 56.0. The summed E-state index contributed by atoms with van der Waals surface area (Å²) in [5.41, 5.74) is 0.296. The first-order chi connectivity index (χ1) is 10.3. The molecule has 0 radical (unpaired) electrons. The van der Waals surface area contributed by atoms with Crippen LogP contribution in [-0.4, -0.2) is 29.7 Å². The molecule has 1 aromatic carbocycles. The smallest absolute Gasteiger partial charge is 0.341 e. The molecule has 0 N–H and O–H groups in total. The van der Waals surface area contributed by atoms with Gasteiger partial charge in [0, 0.05) is 11.5 Å². The molecule has 6 nitrogen and oxygen atoms in total. The van der Waals surface area contributed by atoms with Crippen molar-refractivity contribution in [2.45, 2.75) is 17.3 Å². The van der Waals surface area contributed by atoms with Crippen LogP contribution >= 0.6 is 23.1 Å². The van der Waals surface area contributed by atoms with E-state index in [4.69, 9.17) is 16.3 Å². The predicted molar refractivity (Wildman–Crippen MR) is 73.7 cm³/mol. The van der Waals surface area contributed by atoms with Crippen molar-refractivity contribution < 1.29 is 26.7 Å². The number of aromatic nitrogens is 2. The van der Waals surface area contributed by atoms with Gasteiger partial charge in [0.25, 0.3) is 0 Å². The minimum atomic E-state index is -4.69. The molecular formula is C11H7ClF2N2O4S2. The van der Waals surface area contributed by atoms with Gasteiger partial charge in [-0.1, -0.05) is 16.1 Å². The van der Waals surface area contributed by atoms with Gasteiger partial charge in [-0.3, -0.25) is 0 Å². The Morgan fingerprint density at radius 3 is 2.45 bits per heavy atom. The van der Waals surface area contributed by atoms with Crippen LogP contribution in [0.15, 0.2) is 29.2 Å². The molecule has 1 aromatic heterocycles. The summed E-state index contributed by atoms with van der Waals surface area (Å²) in [6.07, 6.45) is 0. The summed E-state index contributed by atoms with van der Waals surface area (Å²) in [6.45, 7) is -0.203. The van der Waals surface area contributed by atoms with E-state index in [9.17, 15) is 22.0 Å². The number of hydrogen-bond acceptors (Lipinski definition) is 7. The van der Waals surface area contributed by atoms with Gasteiger partial charge >= 0.3 is 11.7 Å². The van der Waals surface area contributed by atoms with Gasteiger partial charge in [0.1, 0.15) is 16.6 Å². The highest BCUT2D eigenvalue weighted by Gasteiger charge is 2.26. The van der Waals surface area contributed by atoms with Crippen molar-refractivity contribution in [1.29, 1.82) is 0 Å². The third-order valence-corrected chi connectivity index (χ3v) is 4.89. The van der Waals surface area contributed by atoms with Crippen LogP contribution in [0.3, 0.4) is 0 Å². The summed E-state index contributed by atoms with van der Waals surface area (Å²) in [4.78, 5) is 11.2. The van der Waals surface area contributed by atoms with Crippen LogP contribution in [0.2, 0.25) is 4.34 Å². The van der Waals surface area contributed by atoms with Gasteiger partial charge in [0.05, 0.1) is 10.5 Å². The number of nitrogens with zero attached hydrogens (tertiary/aromatic N) is 2. The predicted octanol–water partition coefficient (Wildman–Crippen LogP) is 2.54. The van der Waals surface area contributed by atoms with E-state index in [1.54, 1.807) is 0 Å². The van der Waals surface area contributed by atoms with Crippen LogP contribution in [-0.2, 0) is 21.2 Å². The van der Waals surface area contributed by atoms with Crippen LogP contribution in [0.4, 0.5) is 8.78 Å². The van der Waals surface area contributed by atoms with E-state index < -0.39 is 26.5 Å². The monoisotopic (exact) mass is 368 g/mol. The average molecular weight is 369 g/mol. The number of hydrogen-bond donors (Lipinski definition) is 0. The van der Waals surface area contributed by atoms with Crippen LogP contribution in [0.1, 0.15) is 16.1 Å². The Balaban J connectivity index is 2.07. The molecule has 0 aliphatic carbocycles. The number of esters is 1. The topological polar surface area (TPSA) is 86.2 Å². The molecule has 0 saturated carbocycles. The van der Waals surface area contributed by atoms with Crippen molar-refractivity contribution in [3.8, 4) is 0 Å². The summed E-state index contributed by atoms with van der Waals surface area (Å²) in [5.74, 6) is -4.30. The number of sulfone groups is 1. The maximum Gasteiger partial charge on any atom is 0.341 e. The van der Waals surface area contributed by atoms with Crippen molar-refractivity contribution in [2.24, 2.45) is 0 Å². The zero-order valence-electron chi connectivity index (χ0n) is 10.6. The fourth-order valence-corrected chi connectivity index (χ4v) is 2.71. The molecule has 1 heterocycles. The Labute approximate surface area is 132 Å². The second-order valence-corrected chi connectivity index (χ2v) is 7.17. The highest BCUT2D eigenvalue weighted by Crippen LogP contribution is 2.20. The molecule has 0 aliphatic rings. The molecule has 0 bridgehead atoms. The van der Waals surface area contributed by atoms with E-state index in [1.165, 1.54) is 0 Å². The van der Waals surface area contributed by atoms with Gasteiger partial charge in [-0.15, -0.1) is 5.10 Å². The standard InChI is InChI=1S/C11H7ClF2N2O4S2/c12-9-8(15-16-21-9)5-20-10(17)6-1-3-7(4-2-6)22(18,19)11(13)14/h1-4,11H,5H2. The molecule has 0 spiro atoms. The van der Waals surface area contributed by atoms with Crippen molar-refractivity contribution in [3.63, 3.8) is 0 Å². The average Bonchev–Trinajstić information content (AvgIpc) is 2.90. The van der Waals surface area contributed by atoms with E-state index in [1.807, 2.05) is 0 Å². The minimum absolute atomic E-state index is 0.00697. The number of carbonyl (C=O) groups excluding carboxylic acids is 1. The molecule has 118 valence electrons. The van der Waals surface area contributed by atoms with Gasteiger partial charge in [-0.2, -0.15) is 8.78 Å². The fourth-order valence-electron chi connectivity index (χ4n) is 1.38. The lowest BCUT2D eigenvalue weighted by atomic mass is 10.2. The van der Waals surface area contributed by atoms with Crippen LogP contribution in [0.5, 0.6) is 0 Å². The second kappa shape index (κ2) is 6.63. The number of ether oxygens (including phenoxy) is 1.